The molecule has 7 nitrogen and oxygen atoms in total. The van der Waals surface area contributed by atoms with Crippen LogP contribution in [0.4, 0.5) is 5.69 Å². The molecule has 1 fully saturated rings. The third-order valence-corrected chi connectivity index (χ3v) is 5.32. The van der Waals surface area contributed by atoms with Crippen molar-refractivity contribution < 1.29 is 9.59 Å². The number of anilines is 1. The van der Waals surface area contributed by atoms with Crippen LogP contribution in [0.5, 0.6) is 0 Å². The normalized spacial score (nSPS) is 16.9. The molecule has 3 heterocycles. The first-order valence-corrected chi connectivity index (χ1v) is 9.78. The second-order valence-corrected chi connectivity index (χ2v) is 7.26. The van der Waals surface area contributed by atoms with Gasteiger partial charge in [0.05, 0.1) is 13.0 Å². The Morgan fingerprint density at radius 2 is 1.85 bits per heavy atom. The number of aryl methyl sites for hydroxylation is 1. The quantitative estimate of drug-likeness (QED) is 0.876. The topological polar surface area (TPSA) is 80.1 Å². The second-order valence-electron chi connectivity index (χ2n) is 7.26. The lowest BCUT2D eigenvalue weighted by Crippen LogP contribution is -2.26. The molecule has 27 heavy (non-hydrogen) atoms. The summed E-state index contributed by atoms with van der Waals surface area (Å²) in [6, 6.07) is 7.68. The molecule has 2 aliphatic rings. The molecule has 0 bridgehead atoms. The maximum atomic E-state index is 12.3. The third kappa shape index (κ3) is 4.02. The summed E-state index contributed by atoms with van der Waals surface area (Å²) in [5, 5.41) is 11.5. The largest absolute Gasteiger partial charge is 0.349 e. The molecule has 142 valence electrons. The number of nitrogens with one attached hydrogen (secondary N) is 1. The first-order chi connectivity index (χ1) is 13.2. The van der Waals surface area contributed by atoms with E-state index < -0.39 is 0 Å². The van der Waals surface area contributed by atoms with Crippen molar-refractivity contribution in [2.75, 3.05) is 11.4 Å². The molecule has 0 saturated carbocycles. The molecule has 2 amide bonds. The lowest BCUT2D eigenvalue weighted by atomic mass is 10.1. The van der Waals surface area contributed by atoms with E-state index in [9.17, 15) is 9.59 Å². The molecule has 0 atom stereocenters. The van der Waals surface area contributed by atoms with Gasteiger partial charge in [-0.2, -0.15) is 0 Å². The van der Waals surface area contributed by atoms with Crippen LogP contribution in [0, 0.1) is 0 Å². The molecule has 4 rings (SSSR count). The van der Waals surface area contributed by atoms with E-state index in [0.29, 0.717) is 19.4 Å². The molecule has 0 radical (unpaired) electrons. The average Bonchev–Trinajstić information content (AvgIpc) is 3.19. The van der Waals surface area contributed by atoms with Crippen molar-refractivity contribution in [3.8, 4) is 0 Å². The van der Waals surface area contributed by atoms with E-state index >= 15 is 0 Å². The van der Waals surface area contributed by atoms with Crippen LogP contribution in [0.2, 0.25) is 0 Å². The summed E-state index contributed by atoms with van der Waals surface area (Å²) in [6.45, 7) is 2.12. The van der Waals surface area contributed by atoms with Crippen molar-refractivity contribution in [1.29, 1.82) is 0 Å². The van der Waals surface area contributed by atoms with Gasteiger partial charge in [-0.25, -0.2) is 0 Å². The maximum absolute atomic E-state index is 12.3. The van der Waals surface area contributed by atoms with Gasteiger partial charge in [0.25, 0.3) is 0 Å². The van der Waals surface area contributed by atoms with Crippen LogP contribution >= 0.6 is 0 Å². The maximum Gasteiger partial charge on any atom is 0.227 e. The van der Waals surface area contributed by atoms with Gasteiger partial charge in [-0.1, -0.05) is 18.6 Å². The van der Waals surface area contributed by atoms with Gasteiger partial charge in [0.1, 0.15) is 5.82 Å². The minimum absolute atomic E-state index is 0.0361. The summed E-state index contributed by atoms with van der Waals surface area (Å²) in [5.74, 6) is 2.01. The standard InChI is InChI=1S/C20H25N5O2/c26-19(21-14-18-23-22-17-5-2-1-3-11-25(17)18)13-15-7-9-16(10-8-15)24-12-4-6-20(24)27/h7-10H,1-6,11-14H2,(H,21,26). The van der Waals surface area contributed by atoms with E-state index in [1.54, 1.807) is 4.90 Å². The molecule has 1 saturated heterocycles. The Kier molecular flexibility index (Phi) is 5.18. The highest BCUT2D eigenvalue weighted by molar-refractivity contribution is 5.95. The Balaban J connectivity index is 1.32. The highest BCUT2D eigenvalue weighted by Crippen LogP contribution is 2.21. The molecule has 0 spiro atoms. The van der Waals surface area contributed by atoms with Crippen molar-refractivity contribution in [3.63, 3.8) is 0 Å². The molecular weight excluding hydrogens is 342 g/mol. The molecule has 7 heteroatoms. The molecule has 1 aromatic carbocycles. The fourth-order valence-corrected chi connectivity index (χ4v) is 3.82. The summed E-state index contributed by atoms with van der Waals surface area (Å²) in [6.07, 6.45) is 6.32. The first kappa shape index (κ1) is 17.7. The van der Waals surface area contributed by atoms with E-state index in [-0.39, 0.29) is 11.8 Å². The summed E-state index contributed by atoms with van der Waals surface area (Å²) < 4.78 is 2.15. The predicted octanol–water partition coefficient (Wildman–Crippen LogP) is 1.99. The zero-order valence-electron chi connectivity index (χ0n) is 15.5. The third-order valence-electron chi connectivity index (χ3n) is 5.32. The number of carbonyl (C=O) groups excluding carboxylic acids is 2. The zero-order valence-corrected chi connectivity index (χ0v) is 15.5. The Labute approximate surface area is 158 Å². The molecule has 0 aliphatic carbocycles. The SMILES string of the molecule is O=C(Cc1ccc(N2CCCC2=O)cc1)NCc1nnc2n1CCCCC2. The number of nitrogens with zero attached hydrogens (tertiary/aromatic N) is 4. The first-order valence-electron chi connectivity index (χ1n) is 9.78. The van der Waals surface area contributed by atoms with Crippen LogP contribution in [0.15, 0.2) is 24.3 Å². The van der Waals surface area contributed by atoms with Crippen molar-refractivity contribution in [2.45, 2.75) is 58.0 Å². The number of amides is 2. The van der Waals surface area contributed by atoms with Crippen molar-refractivity contribution in [1.82, 2.24) is 20.1 Å². The lowest BCUT2D eigenvalue weighted by Gasteiger charge is -2.15. The minimum Gasteiger partial charge on any atom is -0.349 e. The Bertz CT molecular complexity index is 827. The Hall–Kier alpha value is -2.70. The number of hydrogen-bond acceptors (Lipinski definition) is 4. The summed E-state index contributed by atoms with van der Waals surface area (Å²) >= 11 is 0. The number of fused-ring (bicyclic) bond motifs is 1. The summed E-state index contributed by atoms with van der Waals surface area (Å²) in [5.41, 5.74) is 1.84. The number of aromatic nitrogens is 3. The van der Waals surface area contributed by atoms with E-state index in [2.05, 4.69) is 20.1 Å². The molecule has 2 aromatic rings. The fraction of sp³-hybridized carbons (Fsp3) is 0.500. The van der Waals surface area contributed by atoms with Crippen molar-refractivity contribution >= 4 is 17.5 Å². The molecule has 1 aromatic heterocycles. The van der Waals surface area contributed by atoms with Gasteiger partial charge in [0.15, 0.2) is 5.82 Å². The summed E-state index contributed by atoms with van der Waals surface area (Å²) in [4.78, 5) is 25.9. The van der Waals surface area contributed by atoms with Crippen LogP contribution in [0.3, 0.4) is 0 Å². The smallest absolute Gasteiger partial charge is 0.227 e. The van der Waals surface area contributed by atoms with Gasteiger partial charge in [-0.15, -0.1) is 10.2 Å². The number of benzene rings is 1. The van der Waals surface area contributed by atoms with E-state index in [0.717, 1.165) is 61.7 Å². The van der Waals surface area contributed by atoms with Crippen LogP contribution in [-0.4, -0.2) is 33.1 Å². The fourth-order valence-electron chi connectivity index (χ4n) is 3.82. The van der Waals surface area contributed by atoms with Crippen molar-refractivity contribution in [2.24, 2.45) is 0 Å². The van der Waals surface area contributed by atoms with E-state index in [1.165, 1.54) is 6.42 Å². The predicted molar refractivity (Wildman–Crippen MR) is 101 cm³/mol. The molecule has 0 unspecified atom stereocenters. The average molecular weight is 367 g/mol. The zero-order chi connectivity index (χ0) is 18.6. The van der Waals surface area contributed by atoms with Gasteiger partial charge < -0.3 is 14.8 Å². The van der Waals surface area contributed by atoms with Crippen molar-refractivity contribution in [3.05, 3.63) is 41.5 Å². The highest BCUT2D eigenvalue weighted by Gasteiger charge is 2.21. The highest BCUT2D eigenvalue weighted by atomic mass is 16.2. The monoisotopic (exact) mass is 367 g/mol. The van der Waals surface area contributed by atoms with Gasteiger partial charge >= 0.3 is 0 Å². The van der Waals surface area contributed by atoms with Crippen LogP contribution in [-0.2, 0) is 35.5 Å². The molecule has 2 aliphatic heterocycles. The second kappa shape index (κ2) is 7.90. The Morgan fingerprint density at radius 1 is 1.00 bits per heavy atom. The van der Waals surface area contributed by atoms with Gasteiger partial charge in [-0.05, 0) is 37.0 Å². The van der Waals surface area contributed by atoms with Crippen LogP contribution in [0.1, 0.15) is 49.3 Å². The van der Waals surface area contributed by atoms with E-state index in [4.69, 9.17) is 0 Å². The number of carbonyl (C=O) groups is 2. The lowest BCUT2D eigenvalue weighted by molar-refractivity contribution is -0.120. The van der Waals surface area contributed by atoms with Crippen LogP contribution in [0.25, 0.3) is 0 Å². The minimum atomic E-state index is -0.0361. The molecular formula is C20H25N5O2. The van der Waals surface area contributed by atoms with E-state index in [1.807, 2.05) is 24.3 Å². The Morgan fingerprint density at radius 3 is 2.63 bits per heavy atom. The molecule has 1 N–H and O–H groups in total. The van der Waals surface area contributed by atoms with Gasteiger partial charge in [0.2, 0.25) is 11.8 Å². The number of rotatable bonds is 5. The van der Waals surface area contributed by atoms with Gasteiger partial charge in [0, 0.05) is 31.6 Å². The number of hydrogen-bond donors (Lipinski definition) is 1. The van der Waals surface area contributed by atoms with Gasteiger partial charge in [-0.3, -0.25) is 9.59 Å². The summed E-state index contributed by atoms with van der Waals surface area (Å²) in [7, 11) is 0. The van der Waals surface area contributed by atoms with Crippen LogP contribution < -0.4 is 10.2 Å².